The molecular weight excluding hydrogens is 340 g/mol. The van der Waals surface area contributed by atoms with Crippen LogP contribution in [0, 0.1) is 5.92 Å². The summed E-state index contributed by atoms with van der Waals surface area (Å²) in [7, 11) is -3.08. The molecule has 1 heterocycles. The second-order valence-electron chi connectivity index (χ2n) is 5.52. The Morgan fingerprint density at radius 3 is 2.65 bits per heavy atom. The quantitative estimate of drug-likeness (QED) is 0.896. The van der Waals surface area contributed by atoms with Gasteiger partial charge in [-0.1, -0.05) is 28.1 Å². The molecule has 2 atom stereocenters. The molecule has 1 aliphatic rings. The molecule has 2 unspecified atom stereocenters. The predicted octanol–water partition coefficient (Wildman–Crippen LogP) is 2.51. The lowest BCUT2D eigenvalue weighted by molar-refractivity contribution is 0.247. The van der Waals surface area contributed by atoms with Crippen molar-refractivity contribution in [1.29, 1.82) is 0 Å². The molecule has 0 bridgehead atoms. The van der Waals surface area contributed by atoms with E-state index in [1.807, 2.05) is 24.3 Å². The van der Waals surface area contributed by atoms with Crippen LogP contribution >= 0.6 is 15.9 Å². The molecule has 2 N–H and O–H groups in total. The maximum atomic E-state index is 11.6. The molecule has 0 aliphatic carbocycles. The molecule has 0 saturated carbocycles. The van der Waals surface area contributed by atoms with Crippen LogP contribution in [0.25, 0.3) is 0 Å². The predicted molar refractivity (Wildman–Crippen MR) is 84.8 cm³/mol. The molecule has 1 fully saturated rings. The van der Waals surface area contributed by atoms with Gasteiger partial charge in [0.25, 0.3) is 0 Å². The van der Waals surface area contributed by atoms with E-state index in [1.165, 1.54) is 6.26 Å². The summed E-state index contributed by atoms with van der Waals surface area (Å²) in [5.41, 5.74) is 7.35. The second-order valence-corrected chi connectivity index (χ2v) is 8.42. The molecule has 0 amide bonds. The highest BCUT2D eigenvalue weighted by atomic mass is 79.9. The first-order valence-electron chi connectivity index (χ1n) is 6.82. The summed E-state index contributed by atoms with van der Waals surface area (Å²) in [4.78, 5) is 0. The van der Waals surface area contributed by atoms with E-state index in [9.17, 15) is 8.42 Å². The van der Waals surface area contributed by atoms with Gasteiger partial charge in [-0.2, -0.15) is 0 Å². The smallest absolute Gasteiger partial charge is 0.211 e. The van der Waals surface area contributed by atoms with Gasteiger partial charge >= 0.3 is 0 Å². The fourth-order valence-electron chi connectivity index (χ4n) is 2.73. The highest BCUT2D eigenvalue weighted by Crippen LogP contribution is 2.27. The number of nitrogens with zero attached hydrogens (tertiary/aromatic N) is 1. The molecule has 0 radical (unpaired) electrons. The van der Waals surface area contributed by atoms with Crippen LogP contribution in [0.4, 0.5) is 0 Å². The summed E-state index contributed by atoms with van der Waals surface area (Å²) in [5.74, 6) is 0.345. The monoisotopic (exact) mass is 360 g/mol. The first-order valence-corrected chi connectivity index (χ1v) is 9.46. The average Bonchev–Trinajstić information content (AvgIpc) is 2.38. The topological polar surface area (TPSA) is 63.4 Å². The Morgan fingerprint density at radius 1 is 1.40 bits per heavy atom. The summed E-state index contributed by atoms with van der Waals surface area (Å²) in [5, 5.41) is 0. The van der Waals surface area contributed by atoms with Gasteiger partial charge in [0.2, 0.25) is 10.0 Å². The van der Waals surface area contributed by atoms with Crippen molar-refractivity contribution in [3.63, 3.8) is 0 Å². The highest BCUT2D eigenvalue weighted by Gasteiger charge is 2.27. The highest BCUT2D eigenvalue weighted by molar-refractivity contribution is 9.10. The second kappa shape index (κ2) is 6.56. The Hall–Kier alpha value is -0.430. The number of halogens is 1. The molecule has 6 heteroatoms. The van der Waals surface area contributed by atoms with E-state index in [1.54, 1.807) is 4.31 Å². The minimum Gasteiger partial charge on any atom is -0.324 e. The lowest BCUT2D eigenvalue weighted by atomic mass is 9.90. The molecule has 1 aromatic rings. The van der Waals surface area contributed by atoms with Crippen LogP contribution in [0.3, 0.4) is 0 Å². The van der Waals surface area contributed by atoms with Gasteiger partial charge in [0.15, 0.2) is 0 Å². The minimum atomic E-state index is -3.08. The summed E-state index contributed by atoms with van der Waals surface area (Å²) in [6.45, 7) is 1.24. The van der Waals surface area contributed by atoms with Gasteiger partial charge in [-0.15, -0.1) is 0 Å². The van der Waals surface area contributed by atoms with Crippen molar-refractivity contribution in [3.8, 4) is 0 Å². The third-order valence-corrected chi connectivity index (χ3v) is 5.63. The molecule has 1 aliphatic heterocycles. The number of nitrogens with two attached hydrogens (primary N) is 1. The van der Waals surface area contributed by atoms with Crippen molar-refractivity contribution < 1.29 is 8.42 Å². The van der Waals surface area contributed by atoms with E-state index >= 15 is 0 Å². The van der Waals surface area contributed by atoms with Gasteiger partial charge in [-0.25, -0.2) is 12.7 Å². The summed E-state index contributed by atoms with van der Waals surface area (Å²) >= 11 is 3.41. The third-order valence-electron chi connectivity index (χ3n) is 3.84. The largest absolute Gasteiger partial charge is 0.324 e. The maximum absolute atomic E-state index is 11.6. The van der Waals surface area contributed by atoms with Crippen molar-refractivity contribution in [2.45, 2.75) is 25.3 Å². The normalized spacial score (nSPS) is 22.6. The lowest BCUT2D eigenvalue weighted by Gasteiger charge is -2.32. The fourth-order valence-corrected chi connectivity index (χ4v) is 3.93. The van der Waals surface area contributed by atoms with Crippen molar-refractivity contribution in [1.82, 2.24) is 4.31 Å². The number of sulfonamides is 1. The number of rotatable bonds is 4. The van der Waals surface area contributed by atoms with Crippen molar-refractivity contribution in [2.75, 3.05) is 19.3 Å². The number of hydrogen-bond acceptors (Lipinski definition) is 3. The van der Waals surface area contributed by atoms with E-state index in [4.69, 9.17) is 5.73 Å². The van der Waals surface area contributed by atoms with Gasteiger partial charge in [0.05, 0.1) is 6.26 Å². The Labute approximate surface area is 129 Å². The molecule has 20 heavy (non-hydrogen) atoms. The summed E-state index contributed by atoms with van der Waals surface area (Å²) in [6.07, 6.45) is 4.08. The average molecular weight is 361 g/mol. The Kier molecular flexibility index (Phi) is 5.23. The van der Waals surface area contributed by atoms with Crippen LogP contribution < -0.4 is 5.73 Å². The number of benzene rings is 1. The zero-order valence-corrected chi connectivity index (χ0v) is 14.0. The maximum Gasteiger partial charge on any atom is 0.211 e. The molecule has 4 nitrogen and oxygen atoms in total. The lowest BCUT2D eigenvalue weighted by Crippen LogP contribution is -2.40. The molecule has 0 spiro atoms. The van der Waals surface area contributed by atoms with Crippen LogP contribution in [0.2, 0.25) is 0 Å². The molecule has 112 valence electrons. The Bertz CT molecular complexity index is 545. The zero-order chi connectivity index (χ0) is 14.8. The van der Waals surface area contributed by atoms with Crippen molar-refractivity contribution in [3.05, 3.63) is 34.3 Å². The fraction of sp³-hybridized carbons (Fsp3) is 0.571. The third kappa shape index (κ3) is 4.28. The van der Waals surface area contributed by atoms with E-state index in [2.05, 4.69) is 15.9 Å². The van der Waals surface area contributed by atoms with Crippen LogP contribution in [0.15, 0.2) is 28.7 Å². The van der Waals surface area contributed by atoms with Crippen LogP contribution in [-0.2, 0) is 10.0 Å². The van der Waals surface area contributed by atoms with E-state index in [-0.39, 0.29) is 6.04 Å². The zero-order valence-electron chi connectivity index (χ0n) is 11.6. The number of hydrogen-bond donors (Lipinski definition) is 1. The first-order chi connectivity index (χ1) is 9.36. The number of piperidine rings is 1. The Morgan fingerprint density at radius 2 is 2.05 bits per heavy atom. The van der Waals surface area contributed by atoms with Crippen LogP contribution in [-0.4, -0.2) is 32.1 Å². The van der Waals surface area contributed by atoms with Crippen LogP contribution in [0.5, 0.6) is 0 Å². The van der Waals surface area contributed by atoms with Gasteiger partial charge < -0.3 is 5.73 Å². The molecular formula is C14H21BrN2O2S. The molecule has 1 aromatic carbocycles. The van der Waals surface area contributed by atoms with Crippen molar-refractivity contribution >= 4 is 26.0 Å². The van der Waals surface area contributed by atoms with Gasteiger partial charge in [0.1, 0.15) is 0 Å². The molecule has 0 aromatic heterocycles. The Balaban J connectivity index is 1.97. The summed E-state index contributed by atoms with van der Waals surface area (Å²) in [6, 6.07) is 7.97. The van der Waals surface area contributed by atoms with E-state index < -0.39 is 10.0 Å². The summed E-state index contributed by atoms with van der Waals surface area (Å²) < 4.78 is 25.8. The standard InChI is InChI=1S/C14H21BrN2O2S/c1-20(18,19)17-8-2-3-11(10-17)9-14(16)12-4-6-13(15)7-5-12/h4-7,11,14H,2-3,8-10,16H2,1H3. The van der Waals surface area contributed by atoms with Crippen molar-refractivity contribution in [2.24, 2.45) is 11.7 Å². The first kappa shape index (κ1) is 15.9. The minimum absolute atomic E-state index is 0.0346. The van der Waals surface area contributed by atoms with Gasteiger partial charge in [0, 0.05) is 23.6 Å². The van der Waals surface area contributed by atoms with Crippen LogP contribution in [0.1, 0.15) is 30.9 Å². The molecule has 2 rings (SSSR count). The van der Waals surface area contributed by atoms with Gasteiger partial charge in [-0.3, -0.25) is 0 Å². The van der Waals surface area contributed by atoms with E-state index in [0.29, 0.717) is 19.0 Å². The SMILES string of the molecule is CS(=O)(=O)N1CCCC(CC(N)c2ccc(Br)cc2)C1. The van der Waals surface area contributed by atoms with Gasteiger partial charge in [-0.05, 0) is 42.9 Å². The molecule has 1 saturated heterocycles. The van der Waals surface area contributed by atoms with E-state index in [0.717, 1.165) is 29.3 Å².